The monoisotopic (exact) mass is 416 g/mol. The van der Waals surface area contributed by atoms with Crippen molar-refractivity contribution in [3.8, 4) is 0 Å². The van der Waals surface area contributed by atoms with Crippen molar-refractivity contribution in [1.82, 2.24) is 9.80 Å². The Balaban J connectivity index is 1.19. The molecule has 4 fully saturated rings. The van der Waals surface area contributed by atoms with Crippen LogP contribution < -0.4 is 0 Å². The van der Waals surface area contributed by atoms with Gasteiger partial charge in [-0.3, -0.25) is 0 Å². The molecule has 4 heteroatoms. The summed E-state index contributed by atoms with van der Waals surface area (Å²) < 4.78 is 0. The molecule has 5 atom stereocenters. The van der Waals surface area contributed by atoms with Crippen LogP contribution >= 0.6 is 0 Å². The highest BCUT2D eigenvalue weighted by atomic mass is 16.3. The number of aliphatic hydroxyl groups excluding tert-OH is 2. The van der Waals surface area contributed by atoms with Crippen LogP contribution in [0.15, 0.2) is 23.8 Å². The maximum absolute atomic E-state index is 10.6. The van der Waals surface area contributed by atoms with Crippen LogP contribution in [0.4, 0.5) is 0 Å². The van der Waals surface area contributed by atoms with Gasteiger partial charge < -0.3 is 20.0 Å². The number of hydrogen-bond acceptors (Lipinski definition) is 4. The summed E-state index contributed by atoms with van der Waals surface area (Å²) in [6.07, 6.45) is 18.1. The predicted molar refractivity (Wildman–Crippen MR) is 123 cm³/mol. The first kappa shape index (κ1) is 22.5. The van der Waals surface area contributed by atoms with Gasteiger partial charge in [-0.1, -0.05) is 36.6 Å². The molecule has 4 rings (SSSR count). The Morgan fingerprint density at radius 1 is 1.07 bits per heavy atom. The van der Waals surface area contributed by atoms with Crippen molar-refractivity contribution in [3.05, 3.63) is 23.8 Å². The van der Waals surface area contributed by atoms with Gasteiger partial charge in [-0.25, -0.2) is 0 Å². The standard InChI is InChI=1S/C26H44N2O2/c1-27-13-15-28(16-14-27)12-6-2-3-7-20-17-22-19-26(30)23(24(22)18-20)10-11-25(29)21-8-4-5-9-21/h7,10-11,21-26,29-30H,2-6,8-9,12-19H2,1H3/b11-10+,20-7+/t22-,23+,24-,25+,26+/m0/s1. The number of allylic oxidation sites excluding steroid dienone is 2. The molecule has 3 saturated carbocycles. The van der Waals surface area contributed by atoms with Crippen LogP contribution in [0.1, 0.15) is 64.2 Å². The van der Waals surface area contributed by atoms with Crippen molar-refractivity contribution in [2.75, 3.05) is 39.8 Å². The van der Waals surface area contributed by atoms with E-state index in [2.05, 4.69) is 29.0 Å². The van der Waals surface area contributed by atoms with Crippen molar-refractivity contribution in [2.24, 2.45) is 23.7 Å². The first-order chi connectivity index (χ1) is 14.6. The highest BCUT2D eigenvalue weighted by molar-refractivity contribution is 5.18. The summed E-state index contributed by atoms with van der Waals surface area (Å²) in [5, 5.41) is 21.1. The zero-order valence-corrected chi connectivity index (χ0v) is 19.1. The molecule has 3 aliphatic carbocycles. The molecule has 1 saturated heterocycles. The Morgan fingerprint density at radius 3 is 2.60 bits per heavy atom. The van der Waals surface area contributed by atoms with Gasteiger partial charge in [0.15, 0.2) is 0 Å². The van der Waals surface area contributed by atoms with Crippen LogP contribution in [0, 0.1) is 23.7 Å². The number of piperazine rings is 1. The Morgan fingerprint density at radius 2 is 1.83 bits per heavy atom. The van der Waals surface area contributed by atoms with Crippen LogP contribution in [0.25, 0.3) is 0 Å². The molecule has 0 unspecified atom stereocenters. The second-order valence-corrected chi connectivity index (χ2v) is 10.6. The minimum Gasteiger partial charge on any atom is -0.392 e. The van der Waals surface area contributed by atoms with Gasteiger partial charge in [0.25, 0.3) is 0 Å². The van der Waals surface area contributed by atoms with E-state index in [1.54, 1.807) is 5.57 Å². The van der Waals surface area contributed by atoms with Crippen molar-refractivity contribution in [3.63, 3.8) is 0 Å². The van der Waals surface area contributed by atoms with Crippen molar-refractivity contribution in [2.45, 2.75) is 76.4 Å². The molecular weight excluding hydrogens is 372 g/mol. The Hall–Kier alpha value is -0.680. The first-order valence-corrected chi connectivity index (χ1v) is 12.7. The molecule has 0 aromatic rings. The molecular formula is C26H44N2O2. The molecule has 170 valence electrons. The average molecular weight is 417 g/mol. The molecule has 30 heavy (non-hydrogen) atoms. The van der Waals surface area contributed by atoms with Gasteiger partial charge in [-0.2, -0.15) is 0 Å². The smallest absolute Gasteiger partial charge is 0.0749 e. The van der Waals surface area contributed by atoms with E-state index in [0.717, 1.165) is 25.7 Å². The summed E-state index contributed by atoms with van der Waals surface area (Å²) in [7, 11) is 2.22. The van der Waals surface area contributed by atoms with Crippen LogP contribution in [0.3, 0.4) is 0 Å². The van der Waals surface area contributed by atoms with E-state index in [4.69, 9.17) is 0 Å². The van der Waals surface area contributed by atoms with Gasteiger partial charge in [0.2, 0.25) is 0 Å². The van der Waals surface area contributed by atoms with Crippen LogP contribution in [-0.2, 0) is 0 Å². The fraction of sp³-hybridized carbons (Fsp3) is 0.846. The molecule has 0 spiro atoms. The van der Waals surface area contributed by atoms with Gasteiger partial charge in [0.1, 0.15) is 0 Å². The summed E-state index contributed by atoms with van der Waals surface area (Å²) in [6.45, 7) is 6.14. The van der Waals surface area contributed by atoms with Crippen molar-refractivity contribution < 1.29 is 10.2 Å². The molecule has 1 aliphatic heterocycles. The summed E-state index contributed by atoms with van der Waals surface area (Å²) >= 11 is 0. The Bertz CT molecular complexity index is 590. The second kappa shape index (κ2) is 10.8. The third-order valence-electron chi connectivity index (χ3n) is 8.48. The first-order valence-electron chi connectivity index (χ1n) is 12.7. The lowest BCUT2D eigenvalue weighted by atomic mass is 9.89. The number of unbranched alkanes of at least 4 members (excludes halogenated alkanes) is 2. The zero-order chi connectivity index (χ0) is 20.9. The van der Waals surface area contributed by atoms with E-state index in [1.807, 2.05) is 6.08 Å². The van der Waals surface area contributed by atoms with Gasteiger partial charge in [0.05, 0.1) is 12.2 Å². The minimum absolute atomic E-state index is 0.211. The second-order valence-electron chi connectivity index (χ2n) is 10.6. The topological polar surface area (TPSA) is 46.9 Å². The average Bonchev–Trinajstić information content (AvgIpc) is 3.45. The molecule has 0 radical (unpaired) electrons. The highest BCUT2D eigenvalue weighted by Crippen LogP contribution is 2.50. The number of likely N-dealkylation sites (N-methyl/N-ethyl adjacent to an activating group) is 1. The number of nitrogens with zero attached hydrogens (tertiary/aromatic N) is 2. The maximum Gasteiger partial charge on any atom is 0.0749 e. The van der Waals surface area contributed by atoms with Crippen LogP contribution in [0.5, 0.6) is 0 Å². The van der Waals surface area contributed by atoms with Crippen molar-refractivity contribution in [1.29, 1.82) is 0 Å². The zero-order valence-electron chi connectivity index (χ0n) is 19.1. The summed E-state index contributed by atoms with van der Waals surface area (Å²) in [4.78, 5) is 5.04. The lowest BCUT2D eigenvalue weighted by Gasteiger charge is -2.32. The van der Waals surface area contributed by atoms with Crippen LogP contribution in [-0.4, -0.2) is 72.0 Å². The molecule has 4 aliphatic rings. The SMILES string of the molecule is CN1CCN(CCCC/C=C2\C[C@H]3C[C@@H](O)[C@H](/C=C/[C@@H](O)C4CCCC4)[C@H]3C2)CC1. The molecule has 0 aromatic carbocycles. The Kier molecular flexibility index (Phi) is 8.07. The van der Waals surface area contributed by atoms with E-state index in [1.165, 1.54) is 71.2 Å². The van der Waals surface area contributed by atoms with Crippen molar-refractivity contribution >= 4 is 0 Å². The van der Waals surface area contributed by atoms with E-state index in [-0.39, 0.29) is 18.1 Å². The molecule has 1 heterocycles. The van der Waals surface area contributed by atoms with E-state index >= 15 is 0 Å². The number of rotatable bonds is 8. The maximum atomic E-state index is 10.6. The third kappa shape index (κ3) is 5.76. The number of fused-ring (bicyclic) bond motifs is 1. The summed E-state index contributed by atoms with van der Waals surface area (Å²) in [6, 6.07) is 0. The molecule has 4 nitrogen and oxygen atoms in total. The van der Waals surface area contributed by atoms with E-state index in [0.29, 0.717) is 17.8 Å². The van der Waals surface area contributed by atoms with Gasteiger partial charge in [-0.05, 0) is 82.7 Å². The fourth-order valence-corrected chi connectivity index (χ4v) is 6.50. The predicted octanol–water partition coefficient (Wildman–Crippen LogP) is 3.84. The lowest BCUT2D eigenvalue weighted by molar-refractivity contribution is 0.135. The number of hydrogen-bond donors (Lipinski definition) is 2. The van der Waals surface area contributed by atoms with Crippen LogP contribution in [0.2, 0.25) is 0 Å². The van der Waals surface area contributed by atoms with E-state index in [9.17, 15) is 10.2 Å². The molecule has 0 aromatic heterocycles. The summed E-state index contributed by atoms with van der Waals surface area (Å²) in [5.74, 6) is 1.92. The fourth-order valence-electron chi connectivity index (χ4n) is 6.50. The molecule has 2 N–H and O–H groups in total. The van der Waals surface area contributed by atoms with Gasteiger partial charge in [0, 0.05) is 32.1 Å². The third-order valence-corrected chi connectivity index (χ3v) is 8.48. The van der Waals surface area contributed by atoms with E-state index < -0.39 is 0 Å². The normalized spacial score (nSPS) is 36.3. The quantitative estimate of drug-likeness (QED) is 0.466. The van der Waals surface area contributed by atoms with Gasteiger partial charge >= 0.3 is 0 Å². The molecule has 0 amide bonds. The van der Waals surface area contributed by atoms with Gasteiger partial charge in [-0.15, -0.1) is 0 Å². The Labute approximate surface area is 184 Å². The largest absolute Gasteiger partial charge is 0.392 e. The lowest BCUT2D eigenvalue weighted by Crippen LogP contribution is -2.44. The molecule has 0 bridgehead atoms. The highest BCUT2D eigenvalue weighted by Gasteiger charge is 2.45. The summed E-state index contributed by atoms with van der Waals surface area (Å²) in [5.41, 5.74) is 1.63. The minimum atomic E-state index is -0.310. The number of aliphatic hydroxyl groups is 2.